The van der Waals surface area contributed by atoms with E-state index in [1.165, 1.54) is 37.3 Å². The number of nitrogens with zero attached hydrogens (tertiary/aromatic N) is 4. The summed E-state index contributed by atoms with van der Waals surface area (Å²) in [5.41, 5.74) is 10.6. The van der Waals surface area contributed by atoms with Crippen molar-refractivity contribution in [3.05, 3.63) is 143 Å². The molecule has 2 aliphatic heterocycles. The van der Waals surface area contributed by atoms with Gasteiger partial charge in [0, 0.05) is 18.7 Å². The fraction of sp³-hybridized carbons (Fsp3) is 0.333. The summed E-state index contributed by atoms with van der Waals surface area (Å²) in [5.74, 6) is 2.02. The molecule has 2 unspecified atom stereocenters. The van der Waals surface area contributed by atoms with Gasteiger partial charge in [-0.2, -0.15) is 0 Å². The number of imidazole rings is 2. The largest absolute Gasteiger partial charge is 0.453 e. The Balaban J connectivity index is 0.877. The van der Waals surface area contributed by atoms with Crippen molar-refractivity contribution in [1.29, 1.82) is 0 Å². The van der Waals surface area contributed by atoms with Crippen molar-refractivity contribution < 1.29 is 28.7 Å². The van der Waals surface area contributed by atoms with Crippen LogP contribution in [0.5, 0.6) is 0 Å². The van der Waals surface area contributed by atoms with Crippen LogP contribution in [0.4, 0.5) is 9.59 Å². The molecule has 2 saturated heterocycles. The zero-order chi connectivity index (χ0) is 44.6. The highest BCUT2D eigenvalue weighted by Gasteiger charge is 2.42. The molecule has 14 nitrogen and oxygen atoms in total. The van der Waals surface area contributed by atoms with Crippen LogP contribution in [0.3, 0.4) is 0 Å². The number of hydrogen-bond acceptors (Lipinski definition) is 8. The van der Waals surface area contributed by atoms with Gasteiger partial charge in [-0.3, -0.25) is 9.59 Å². The third kappa shape index (κ3) is 7.91. The quantitative estimate of drug-likeness (QED) is 0.0998. The standard InChI is InChI=1S/C51H52N8O6/c1-64-50(62)56-44(32-11-5-3-6-12-32)48(60)58-25-9-15-40(58)46-52-28-38(54-46)31-19-17-30(18-20-31)36-23-24-37(43-35-22-21-34(27-35)42(36)43)39-29-53-47(55-39)41-16-10-26-59(41)49(61)45(57-51(63)65-2)33-13-7-4-8-14-33/h3-8,11-14,17-20,23-24,28-29,34-35,40-41,44-45H,9-10,15-16,21-22,25-27H2,1-2H3,(H,52,54)(H,53,55)(H,56,62)(H,57,63)/t34?,35?,40-,41-,44-,45-/m0/s1. The second kappa shape index (κ2) is 17.7. The van der Waals surface area contributed by atoms with Gasteiger partial charge >= 0.3 is 12.2 Å². The number of likely N-dealkylation sites (tertiary alicyclic amines) is 2. The van der Waals surface area contributed by atoms with E-state index in [9.17, 15) is 19.2 Å². The first-order chi connectivity index (χ1) is 31.8. The van der Waals surface area contributed by atoms with Gasteiger partial charge in [-0.05, 0) is 95.7 Å². The van der Waals surface area contributed by atoms with E-state index in [0.29, 0.717) is 41.9 Å². The fourth-order valence-electron chi connectivity index (χ4n) is 10.8. The van der Waals surface area contributed by atoms with Gasteiger partial charge in [0.15, 0.2) is 0 Å². The first-order valence-corrected chi connectivity index (χ1v) is 22.6. The van der Waals surface area contributed by atoms with Crippen LogP contribution in [-0.4, -0.2) is 81.0 Å². The van der Waals surface area contributed by atoms with Crippen molar-refractivity contribution in [3.8, 4) is 33.6 Å². The van der Waals surface area contributed by atoms with Gasteiger partial charge in [-0.1, -0.05) is 97.1 Å². The normalized spacial score (nSPS) is 20.6. The zero-order valence-corrected chi connectivity index (χ0v) is 36.5. The second-order valence-corrected chi connectivity index (χ2v) is 17.5. The molecule has 1 saturated carbocycles. The van der Waals surface area contributed by atoms with E-state index >= 15 is 0 Å². The number of hydrogen-bond donors (Lipinski definition) is 4. The van der Waals surface area contributed by atoms with Gasteiger partial charge in [0.2, 0.25) is 0 Å². The Morgan fingerprint density at radius 1 is 0.585 bits per heavy atom. The SMILES string of the molecule is COC(=O)N[C@H](C(=O)N1CCC[C@H]1c1ncc(-c2ccc(-c3ccc(-c4cnc([C@@H]5CCCN5C(=O)[C@@H](NC(=O)OC)c5ccccc5)[nH]4)c4c3C3CCC4C3)cc2)[nH]1)c1ccccc1. The zero-order valence-electron chi connectivity index (χ0n) is 36.5. The molecule has 4 heterocycles. The summed E-state index contributed by atoms with van der Waals surface area (Å²) in [4.78, 5) is 73.3. The molecule has 10 rings (SSSR count). The highest BCUT2D eigenvalue weighted by atomic mass is 16.5. The Hall–Kier alpha value is -7.22. The number of rotatable bonds is 11. The van der Waals surface area contributed by atoms with Crippen LogP contribution in [0.25, 0.3) is 33.6 Å². The molecule has 0 spiro atoms. The summed E-state index contributed by atoms with van der Waals surface area (Å²) in [6, 6.07) is 29.3. The predicted octanol–water partition coefficient (Wildman–Crippen LogP) is 9.02. The fourth-order valence-corrected chi connectivity index (χ4v) is 10.8. The van der Waals surface area contributed by atoms with Gasteiger partial charge < -0.3 is 39.9 Å². The lowest BCUT2D eigenvalue weighted by Crippen LogP contribution is -2.42. The van der Waals surface area contributed by atoms with Gasteiger partial charge in [-0.15, -0.1) is 0 Å². The first kappa shape index (κ1) is 41.8. The number of methoxy groups -OCH3 is 2. The molecule has 4 amide bonds. The maximum atomic E-state index is 14.1. The van der Waals surface area contributed by atoms with E-state index in [1.54, 1.807) is 4.90 Å². The Morgan fingerprint density at radius 3 is 1.57 bits per heavy atom. The van der Waals surface area contributed by atoms with E-state index in [-0.39, 0.29) is 23.9 Å². The molecule has 65 heavy (non-hydrogen) atoms. The van der Waals surface area contributed by atoms with Crippen LogP contribution in [0.1, 0.15) is 115 Å². The molecule has 6 aromatic rings. The van der Waals surface area contributed by atoms with Crippen LogP contribution in [0, 0.1) is 0 Å². The van der Waals surface area contributed by atoms with Crippen LogP contribution in [-0.2, 0) is 19.1 Å². The molecule has 2 bridgehead atoms. The summed E-state index contributed by atoms with van der Waals surface area (Å²) in [6.07, 6.45) is 9.05. The van der Waals surface area contributed by atoms with Crippen LogP contribution in [0.15, 0.2) is 109 Å². The number of nitrogens with one attached hydrogen (secondary N) is 4. The number of ether oxygens (including phenoxy) is 2. The van der Waals surface area contributed by atoms with Crippen LogP contribution >= 0.6 is 0 Å². The number of alkyl carbamates (subject to hydrolysis) is 2. The smallest absolute Gasteiger partial charge is 0.407 e. The van der Waals surface area contributed by atoms with E-state index in [1.807, 2.05) is 78.0 Å². The van der Waals surface area contributed by atoms with E-state index < -0.39 is 24.3 Å². The van der Waals surface area contributed by atoms with Crippen molar-refractivity contribution in [2.45, 2.75) is 80.9 Å². The molecule has 2 aliphatic carbocycles. The summed E-state index contributed by atoms with van der Waals surface area (Å²) in [7, 11) is 2.58. The highest BCUT2D eigenvalue weighted by molar-refractivity contribution is 5.88. The highest BCUT2D eigenvalue weighted by Crippen LogP contribution is 2.58. The third-order valence-corrected chi connectivity index (χ3v) is 13.9. The molecule has 4 aliphatic rings. The minimum absolute atomic E-state index is 0.195. The molecule has 0 radical (unpaired) electrons. The number of fused-ring (bicyclic) bond motifs is 5. The Morgan fingerprint density at radius 2 is 1.05 bits per heavy atom. The van der Waals surface area contributed by atoms with Crippen LogP contribution in [0.2, 0.25) is 0 Å². The summed E-state index contributed by atoms with van der Waals surface area (Å²) in [6.45, 7) is 1.12. The molecular weight excluding hydrogens is 821 g/mol. The summed E-state index contributed by atoms with van der Waals surface area (Å²) < 4.78 is 9.75. The predicted molar refractivity (Wildman–Crippen MR) is 243 cm³/mol. The molecule has 4 aromatic carbocycles. The lowest BCUT2D eigenvalue weighted by atomic mass is 9.82. The average Bonchev–Trinajstić information content (AvgIpc) is 4.22. The maximum Gasteiger partial charge on any atom is 0.407 e. The molecule has 14 heteroatoms. The topological polar surface area (TPSA) is 175 Å². The molecule has 2 aromatic heterocycles. The lowest BCUT2D eigenvalue weighted by Gasteiger charge is -2.28. The maximum absolute atomic E-state index is 14.1. The number of aromatic nitrogens is 4. The van der Waals surface area contributed by atoms with E-state index in [0.717, 1.165) is 72.4 Å². The van der Waals surface area contributed by atoms with Gasteiger partial charge in [0.1, 0.15) is 23.7 Å². The first-order valence-electron chi connectivity index (χ1n) is 22.6. The Bertz CT molecular complexity index is 2720. The molecule has 4 N–H and O–H groups in total. The van der Waals surface area contributed by atoms with Crippen molar-refractivity contribution in [3.63, 3.8) is 0 Å². The Kier molecular flexibility index (Phi) is 11.4. The van der Waals surface area contributed by atoms with E-state index in [2.05, 4.69) is 57.0 Å². The van der Waals surface area contributed by atoms with Gasteiger partial charge in [-0.25, -0.2) is 19.6 Å². The number of H-pyrrole nitrogens is 2. The number of amides is 4. The molecule has 3 fully saturated rings. The number of benzene rings is 4. The summed E-state index contributed by atoms with van der Waals surface area (Å²) >= 11 is 0. The monoisotopic (exact) mass is 872 g/mol. The number of carbonyl (C=O) groups is 4. The minimum atomic E-state index is -0.883. The molecular formula is C51H52N8O6. The van der Waals surface area contributed by atoms with Crippen molar-refractivity contribution in [2.24, 2.45) is 0 Å². The molecule has 6 atom stereocenters. The van der Waals surface area contributed by atoms with Crippen molar-refractivity contribution in [1.82, 2.24) is 40.4 Å². The summed E-state index contributed by atoms with van der Waals surface area (Å²) in [5, 5.41) is 5.49. The number of carbonyl (C=O) groups excluding carboxylic acids is 4. The van der Waals surface area contributed by atoms with Crippen LogP contribution < -0.4 is 10.6 Å². The van der Waals surface area contributed by atoms with Gasteiger partial charge in [0.25, 0.3) is 11.8 Å². The second-order valence-electron chi connectivity index (χ2n) is 17.5. The van der Waals surface area contributed by atoms with Crippen molar-refractivity contribution >= 4 is 24.0 Å². The average molecular weight is 873 g/mol. The van der Waals surface area contributed by atoms with Gasteiger partial charge in [0.05, 0.1) is 50.1 Å². The lowest BCUT2D eigenvalue weighted by molar-refractivity contribution is -0.135. The minimum Gasteiger partial charge on any atom is -0.453 e. The van der Waals surface area contributed by atoms with Crippen molar-refractivity contribution in [2.75, 3.05) is 27.3 Å². The molecule has 332 valence electrons. The number of aromatic amines is 2. The Labute approximate surface area is 377 Å². The van der Waals surface area contributed by atoms with E-state index in [4.69, 9.17) is 19.4 Å². The third-order valence-electron chi connectivity index (χ3n) is 13.9.